The van der Waals surface area contributed by atoms with Crippen LogP contribution >= 0.6 is 0 Å². The van der Waals surface area contributed by atoms with E-state index in [1.165, 1.54) is 22.7 Å². The van der Waals surface area contributed by atoms with E-state index < -0.39 is 11.9 Å². The number of nitrogens with zero attached hydrogens (tertiary/aromatic N) is 2. The summed E-state index contributed by atoms with van der Waals surface area (Å²) in [6.07, 6.45) is 1.36. The van der Waals surface area contributed by atoms with Gasteiger partial charge in [0, 0.05) is 11.8 Å². The predicted molar refractivity (Wildman–Crippen MR) is 81.1 cm³/mol. The first-order chi connectivity index (χ1) is 11.0. The van der Waals surface area contributed by atoms with E-state index in [-0.39, 0.29) is 11.3 Å². The second-order valence-corrected chi connectivity index (χ2v) is 4.80. The van der Waals surface area contributed by atoms with Crippen molar-refractivity contribution >= 4 is 17.5 Å². The molecule has 0 fully saturated rings. The van der Waals surface area contributed by atoms with Gasteiger partial charge in [0.15, 0.2) is 5.69 Å². The molecule has 0 amide bonds. The Morgan fingerprint density at radius 2 is 1.74 bits per heavy atom. The van der Waals surface area contributed by atoms with Crippen molar-refractivity contribution in [2.75, 3.05) is 7.11 Å². The van der Waals surface area contributed by atoms with Gasteiger partial charge in [0.1, 0.15) is 11.6 Å². The third-order valence-electron chi connectivity index (χ3n) is 3.43. The number of aromatic carboxylic acids is 2. The largest absolute Gasteiger partial charge is 0.497 e. The van der Waals surface area contributed by atoms with Crippen LogP contribution in [0.4, 0.5) is 0 Å². The average Bonchev–Trinajstić information content (AvgIpc) is 2.94. The van der Waals surface area contributed by atoms with Crippen molar-refractivity contribution in [2.24, 2.45) is 0 Å². The van der Waals surface area contributed by atoms with Crippen LogP contribution in [0.1, 0.15) is 20.8 Å². The van der Waals surface area contributed by atoms with Gasteiger partial charge in [-0.05, 0) is 36.4 Å². The van der Waals surface area contributed by atoms with Crippen molar-refractivity contribution in [3.63, 3.8) is 0 Å². The van der Waals surface area contributed by atoms with E-state index in [4.69, 9.17) is 9.84 Å². The van der Waals surface area contributed by atoms with E-state index in [0.717, 1.165) is 0 Å². The summed E-state index contributed by atoms with van der Waals surface area (Å²) in [6.45, 7) is 0. The molecule has 23 heavy (non-hydrogen) atoms. The van der Waals surface area contributed by atoms with Gasteiger partial charge < -0.3 is 14.9 Å². The Hall–Kier alpha value is -3.35. The Morgan fingerprint density at radius 1 is 1.04 bits per heavy atom. The fourth-order valence-corrected chi connectivity index (χ4v) is 2.31. The molecule has 0 unspecified atom stereocenters. The highest BCUT2D eigenvalue weighted by Crippen LogP contribution is 2.25. The molecule has 1 aromatic carbocycles. The second-order valence-electron chi connectivity index (χ2n) is 4.80. The molecule has 2 aromatic heterocycles. The maximum atomic E-state index is 11.4. The molecule has 0 aliphatic rings. The van der Waals surface area contributed by atoms with Gasteiger partial charge in [0.25, 0.3) is 0 Å². The number of ether oxygens (including phenoxy) is 1. The monoisotopic (exact) mass is 312 g/mol. The summed E-state index contributed by atoms with van der Waals surface area (Å²) in [5.74, 6) is -1.27. The van der Waals surface area contributed by atoms with Crippen molar-refractivity contribution in [3.8, 4) is 17.1 Å². The van der Waals surface area contributed by atoms with Crippen LogP contribution in [0.15, 0.2) is 42.6 Å². The number of pyridine rings is 1. The zero-order chi connectivity index (χ0) is 16.6. The lowest BCUT2D eigenvalue weighted by molar-refractivity contribution is 0.0685. The van der Waals surface area contributed by atoms with E-state index in [1.807, 2.05) is 0 Å². The molecule has 0 atom stereocenters. The van der Waals surface area contributed by atoms with Crippen LogP contribution in [0.5, 0.6) is 5.75 Å². The topological polar surface area (TPSA) is 101 Å². The van der Waals surface area contributed by atoms with Crippen LogP contribution in [0, 0.1) is 0 Å². The van der Waals surface area contributed by atoms with Gasteiger partial charge in [-0.2, -0.15) is 0 Å². The van der Waals surface area contributed by atoms with Crippen molar-refractivity contribution in [1.82, 2.24) is 9.38 Å². The number of aromatic nitrogens is 2. The van der Waals surface area contributed by atoms with Crippen LogP contribution < -0.4 is 4.74 Å². The maximum absolute atomic E-state index is 11.4. The first-order valence-corrected chi connectivity index (χ1v) is 6.64. The van der Waals surface area contributed by atoms with E-state index >= 15 is 0 Å². The number of carboxylic acids is 2. The predicted octanol–water partition coefficient (Wildman–Crippen LogP) is 2.41. The lowest BCUT2D eigenvalue weighted by Gasteiger charge is -2.04. The van der Waals surface area contributed by atoms with Crippen LogP contribution in [0.2, 0.25) is 0 Å². The first kappa shape index (κ1) is 14.6. The molecular weight excluding hydrogens is 300 g/mol. The number of rotatable bonds is 4. The lowest BCUT2D eigenvalue weighted by atomic mass is 10.2. The molecule has 0 saturated carbocycles. The number of methoxy groups -OCH3 is 1. The number of hydrogen-bond acceptors (Lipinski definition) is 4. The Morgan fingerprint density at radius 3 is 2.30 bits per heavy atom. The molecule has 0 aliphatic heterocycles. The maximum Gasteiger partial charge on any atom is 0.356 e. The normalized spacial score (nSPS) is 10.7. The Labute approximate surface area is 130 Å². The summed E-state index contributed by atoms with van der Waals surface area (Å²) < 4.78 is 6.55. The zero-order valence-electron chi connectivity index (χ0n) is 12.1. The summed E-state index contributed by atoms with van der Waals surface area (Å²) in [6, 6.07) is 9.69. The Balaban J connectivity index is 2.27. The lowest BCUT2D eigenvalue weighted by Crippen LogP contribution is -2.00. The highest BCUT2D eigenvalue weighted by molar-refractivity contribution is 5.96. The van der Waals surface area contributed by atoms with Crippen LogP contribution in [0.3, 0.4) is 0 Å². The number of fused-ring (bicyclic) bond motifs is 1. The molecule has 3 aromatic rings. The summed E-state index contributed by atoms with van der Waals surface area (Å²) >= 11 is 0. The molecule has 0 saturated heterocycles. The van der Waals surface area contributed by atoms with E-state index in [9.17, 15) is 14.7 Å². The Bertz CT molecular complexity index is 912. The van der Waals surface area contributed by atoms with Gasteiger partial charge in [0.2, 0.25) is 0 Å². The van der Waals surface area contributed by atoms with Gasteiger partial charge in [-0.15, -0.1) is 0 Å². The smallest absolute Gasteiger partial charge is 0.356 e. The fourth-order valence-electron chi connectivity index (χ4n) is 2.31. The molecule has 0 bridgehead atoms. The van der Waals surface area contributed by atoms with Crippen molar-refractivity contribution in [3.05, 3.63) is 53.9 Å². The van der Waals surface area contributed by atoms with Gasteiger partial charge in [-0.3, -0.25) is 4.40 Å². The Kier molecular flexibility index (Phi) is 3.46. The highest BCUT2D eigenvalue weighted by Gasteiger charge is 2.19. The second kappa shape index (κ2) is 5.45. The third kappa shape index (κ3) is 2.48. The third-order valence-corrected chi connectivity index (χ3v) is 3.43. The summed E-state index contributed by atoms with van der Waals surface area (Å²) in [5.41, 5.74) is 0.888. The van der Waals surface area contributed by atoms with E-state index in [1.54, 1.807) is 31.4 Å². The van der Waals surface area contributed by atoms with Gasteiger partial charge in [-0.25, -0.2) is 14.6 Å². The number of carboxylic acid groups (broad SMARTS) is 2. The molecule has 3 rings (SSSR count). The quantitative estimate of drug-likeness (QED) is 0.767. The first-order valence-electron chi connectivity index (χ1n) is 6.64. The average molecular weight is 312 g/mol. The minimum absolute atomic E-state index is 0.0431. The minimum Gasteiger partial charge on any atom is -0.497 e. The number of hydrogen-bond donors (Lipinski definition) is 2. The highest BCUT2D eigenvalue weighted by atomic mass is 16.5. The molecule has 0 aliphatic carbocycles. The molecule has 116 valence electrons. The van der Waals surface area contributed by atoms with Crippen molar-refractivity contribution in [1.29, 1.82) is 0 Å². The van der Waals surface area contributed by atoms with Crippen molar-refractivity contribution < 1.29 is 24.5 Å². The molecule has 0 radical (unpaired) electrons. The van der Waals surface area contributed by atoms with Crippen LogP contribution in [0.25, 0.3) is 16.9 Å². The standard InChI is InChI=1S/C16H12N2O5/c1-23-11-5-2-9(3-6-11)14-17-13(16(21)22)12-7-4-10(15(19)20)8-18(12)14/h2-8H,1H3,(H,19,20)(H,21,22). The van der Waals surface area contributed by atoms with Gasteiger partial charge >= 0.3 is 11.9 Å². The summed E-state index contributed by atoms with van der Waals surface area (Å²) in [5, 5.41) is 18.4. The van der Waals surface area contributed by atoms with Gasteiger partial charge in [-0.1, -0.05) is 0 Å². The summed E-state index contributed by atoms with van der Waals surface area (Å²) in [7, 11) is 1.54. The molecule has 2 heterocycles. The molecule has 0 spiro atoms. The molecule has 2 N–H and O–H groups in total. The molecular formula is C16H12N2O5. The summed E-state index contributed by atoms with van der Waals surface area (Å²) in [4.78, 5) is 26.7. The van der Waals surface area contributed by atoms with E-state index in [2.05, 4.69) is 4.98 Å². The van der Waals surface area contributed by atoms with Crippen molar-refractivity contribution in [2.45, 2.75) is 0 Å². The fraction of sp³-hybridized carbons (Fsp3) is 0.0625. The van der Waals surface area contributed by atoms with E-state index in [0.29, 0.717) is 22.7 Å². The zero-order valence-corrected chi connectivity index (χ0v) is 12.1. The van der Waals surface area contributed by atoms with Crippen LogP contribution in [-0.2, 0) is 0 Å². The number of carbonyl (C=O) groups is 2. The SMILES string of the molecule is COc1ccc(-c2nc(C(=O)O)c3ccc(C(=O)O)cn23)cc1. The van der Waals surface area contributed by atoms with Gasteiger partial charge in [0.05, 0.1) is 18.2 Å². The molecule has 7 nitrogen and oxygen atoms in total. The molecule has 7 heteroatoms. The minimum atomic E-state index is -1.18. The number of benzene rings is 1. The number of imidazole rings is 1. The van der Waals surface area contributed by atoms with Crippen LogP contribution in [-0.4, -0.2) is 38.6 Å².